The third-order valence-corrected chi connectivity index (χ3v) is 3.84. The lowest BCUT2D eigenvalue weighted by atomic mass is 10.1. The van der Waals surface area contributed by atoms with Gasteiger partial charge in [0.2, 0.25) is 0 Å². The first-order valence-electron chi connectivity index (χ1n) is 6.43. The maximum Gasteiger partial charge on any atom is 0.343 e. The quantitative estimate of drug-likeness (QED) is 0.391. The predicted molar refractivity (Wildman–Crippen MR) is 93.4 cm³/mol. The number of ether oxygens (including phenoxy) is 1. The summed E-state index contributed by atoms with van der Waals surface area (Å²) in [5.74, 6) is 0.195. The molecule has 2 aromatic rings. The van der Waals surface area contributed by atoms with Crippen molar-refractivity contribution in [3.8, 4) is 5.75 Å². The van der Waals surface area contributed by atoms with Gasteiger partial charge in [-0.3, -0.25) is 0 Å². The highest BCUT2D eigenvalue weighted by Gasteiger charge is 2.08. The number of hydrogen-bond donors (Lipinski definition) is 0. The summed E-state index contributed by atoms with van der Waals surface area (Å²) in [6.45, 7) is 0. The van der Waals surface area contributed by atoms with Gasteiger partial charge in [-0.15, -0.1) is 0 Å². The van der Waals surface area contributed by atoms with Crippen molar-refractivity contribution in [3.63, 3.8) is 0 Å². The van der Waals surface area contributed by atoms with Gasteiger partial charge in [0, 0.05) is 10.7 Å². The molecule has 21 heavy (non-hydrogen) atoms. The van der Waals surface area contributed by atoms with Crippen LogP contribution in [-0.2, 0) is 0 Å². The molecule has 0 bridgehead atoms. The van der Waals surface area contributed by atoms with Crippen LogP contribution in [-0.4, -0.2) is 16.6 Å². The smallest absolute Gasteiger partial charge is 0.343 e. The maximum atomic E-state index is 11.9. The lowest BCUT2D eigenvalue weighted by molar-refractivity contribution is 0.0735. The lowest BCUT2D eigenvalue weighted by Gasteiger charge is -2.07. The van der Waals surface area contributed by atoms with E-state index in [-0.39, 0.29) is 5.97 Å². The van der Waals surface area contributed by atoms with Crippen LogP contribution in [0.5, 0.6) is 5.75 Å². The molecule has 0 saturated carbocycles. The van der Waals surface area contributed by atoms with E-state index >= 15 is 0 Å². The number of allylic oxidation sites excluding steroid dienone is 2. The molecule has 0 atom stereocenters. The maximum absolute atomic E-state index is 11.9. The molecule has 2 aromatic carbocycles. The summed E-state index contributed by atoms with van der Waals surface area (Å²) in [5.41, 5.74) is 2.83. The van der Waals surface area contributed by atoms with E-state index in [4.69, 9.17) is 4.74 Å². The van der Waals surface area contributed by atoms with Gasteiger partial charge < -0.3 is 4.74 Å². The molecule has 0 heterocycles. The zero-order valence-corrected chi connectivity index (χ0v) is 14.4. The highest BCUT2D eigenvalue weighted by atomic mass is 79.9. The Labute approximate surface area is 141 Å². The van der Waals surface area contributed by atoms with Crippen molar-refractivity contribution in [1.29, 1.82) is 0 Å². The summed E-state index contributed by atoms with van der Waals surface area (Å²) in [5, 5.41) is 1.58. The van der Waals surface area contributed by atoms with Crippen LogP contribution in [0.2, 0.25) is 0 Å². The van der Waals surface area contributed by atoms with Gasteiger partial charge in [-0.05, 0) is 35.4 Å². The van der Waals surface area contributed by atoms with E-state index < -0.39 is 0 Å². The van der Waals surface area contributed by atoms with Crippen molar-refractivity contribution in [3.05, 3.63) is 71.8 Å². The third kappa shape index (κ3) is 4.55. The Hall–Kier alpha value is -1.39. The topological polar surface area (TPSA) is 26.3 Å². The summed E-state index contributed by atoms with van der Waals surface area (Å²) >= 11 is 6.86. The molecule has 0 fully saturated rings. The van der Waals surface area contributed by atoms with Crippen molar-refractivity contribution >= 4 is 43.4 Å². The summed E-state index contributed by atoms with van der Waals surface area (Å²) < 4.78 is 5.35. The molecule has 108 valence electrons. The minimum absolute atomic E-state index is 0.347. The second kappa shape index (κ2) is 8.15. The van der Waals surface area contributed by atoms with Crippen molar-refractivity contribution in [2.75, 3.05) is 10.7 Å². The van der Waals surface area contributed by atoms with E-state index in [1.54, 1.807) is 24.3 Å². The van der Waals surface area contributed by atoms with E-state index in [2.05, 4.69) is 37.9 Å². The summed E-state index contributed by atoms with van der Waals surface area (Å²) in [6, 6.07) is 16.5. The van der Waals surface area contributed by atoms with Gasteiger partial charge in [-0.1, -0.05) is 68.3 Å². The molecule has 0 amide bonds. The number of alkyl halides is 2. The monoisotopic (exact) mass is 408 g/mol. The van der Waals surface area contributed by atoms with Crippen LogP contribution in [0.4, 0.5) is 0 Å². The first-order chi connectivity index (χ1) is 10.2. The molecular weight excluding hydrogens is 396 g/mol. The Bertz CT molecular complexity index is 619. The minimum atomic E-state index is -0.347. The summed E-state index contributed by atoms with van der Waals surface area (Å²) in [7, 11) is 0. The molecule has 2 nitrogen and oxygen atoms in total. The Kier molecular flexibility index (Phi) is 6.21. The lowest BCUT2D eigenvalue weighted by Crippen LogP contribution is -2.08. The van der Waals surface area contributed by atoms with Gasteiger partial charge >= 0.3 is 5.97 Å². The van der Waals surface area contributed by atoms with Crippen LogP contribution in [0.1, 0.15) is 15.9 Å². The number of carbonyl (C=O) groups excluding carboxylic acids is 1. The zero-order valence-electron chi connectivity index (χ0n) is 11.3. The molecule has 0 saturated heterocycles. The van der Waals surface area contributed by atoms with Gasteiger partial charge in [0.15, 0.2) is 0 Å². The molecule has 0 aliphatic carbocycles. The van der Waals surface area contributed by atoms with E-state index in [1.165, 1.54) is 5.57 Å². The fraction of sp³-hybridized carbons (Fsp3) is 0.118. The normalized spacial score (nSPS) is 11.2. The summed E-state index contributed by atoms with van der Waals surface area (Å²) in [6.07, 6.45) is 2.10. The van der Waals surface area contributed by atoms with Gasteiger partial charge in [0.05, 0.1) is 5.56 Å². The molecule has 0 aromatic heterocycles. The molecule has 0 unspecified atom stereocenters. The number of rotatable bonds is 5. The first-order valence-corrected chi connectivity index (χ1v) is 8.67. The van der Waals surface area contributed by atoms with Gasteiger partial charge in [-0.2, -0.15) is 0 Å². The van der Waals surface area contributed by atoms with Crippen LogP contribution in [0.3, 0.4) is 0 Å². The second-order valence-electron chi connectivity index (χ2n) is 4.30. The average molecular weight is 410 g/mol. The average Bonchev–Trinajstić information content (AvgIpc) is 2.54. The number of halogens is 2. The number of carbonyl (C=O) groups is 1. The van der Waals surface area contributed by atoms with E-state index in [0.717, 1.165) is 16.2 Å². The molecule has 0 aliphatic rings. The van der Waals surface area contributed by atoms with E-state index in [0.29, 0.717) is 11.3 Å². The van der Waals surface area contributed by atoms with Gasteiger partial charge in [-0.25, -0.2) is 4.79 Å². The highest BCUT2D eigenvalue weighted by Crippen LogP contribution is 2.21. The van der Waals surface area contributed by atoms with E-state index in [1.807, 2.05) is 30.3 Å². The van der Waals surface area contributed by atoms with Gasteiger partial charge in [0.1, 0.15) is 5.75 Å². The van der Waals surface area contributed by atoms with Crippen LogP contribution in [0, 0.1) is 0 Å². The number of hydrogen-bond acceptors (Lipinski definition) is 2. The molecule has 4 heteroatoms. The standard InChI is InChI=1S/C17H14Br2O2/c18-11-10-15(12-19)13-6-8-16(9-7-13)21-17(20)14-4-2-1-3-5-14/h1-10H,11-12H2. The van der Waals surface area contributed by atoms with E-state index in [9.17, 15) is 4.79 Å². The van der Waals surface area contributed by atoms with Crippen LogP contribution in [0.25, 0.3) is 5.57 Å². The second-order valence-corrected chi connectivity index (χ2v) is 5.51. The molecular formula is C17H14Br2O2. The number of esters is 1. The SMILES string of the molecule is O=C(Oc1ccc(C(=CCBr)CBr)cc1)c1ccccc1. The third-order valence-electron chi connectivity index (χ3n) is 2.91. The fourth-order valence-electron chi connectivity index (χ4n) is 1.82. The molecule has 0 spiro atoms. The Morgan fingerprint density at radius 2 is 1.62 bits per heavy atom. The van der Waals surface area contributed by atoms with Crippen LogP contribution >= 0.6 is 31.9 Å². The van der Waals surface area contributed by atoms with Crippen molar-refractivity contribution in [2.45, 2.75) is 0 Å². The molecule has 2 rings (SSSR count). The molecule has 0 radical (unpaired) electrons. The zero-order chi connectivity index (χ0) is 15.1. The Morgan fingerprint density at radius 1 is 0.952 bits per heavy atom. The van der Waals surface area contributed by atoms with Gasteiger partial charge in [0.25, 0.3) is 0 Å². The fourth-order valence-corrected chi connectivity index (χ4v) is 2.76. The molecule has 0 N–H and O–H groups in total. The molecule has 0 aliphatic heterocycles. The van der Waals surface area contributed by atoms with Crippen molar-refractivity contribution in [2.24, 2.45) is 0 Å². The predicted octanol–water partition coefficient (Wildman–Crippen LogP) is 5.08. The summed E-state index contributed by atoms with van der Waals surface area (Å²) in [4.78, 5) is 11.9. The Balaban J connectivity index is 2.09. The highest BCUT2D eigenvalue weighted by molar-refractivity contribution is 9.09. The first kappa shape index (κ1) is 16.0. The van der Waals surface area contributed by atoms with Crippen LogP contribution < -0.4 is 4.74 Å². The van der Waals surface area contributed by atoms with Crippen molar-refractivity contribution in [1.82, 2.24) is 0 Å². The minimum Gasteiger partial charge on any atom is -0.423 e. The Morgan fingerprint density at radius 3 is 2.19 bits per heavy atom. The number of benzene rings is 2. The van der Waals surface area contributed by atoms with Crippen LogP contribution in [0.15, 0.2) is 60.7 Å². The largest absolute Gasteiger partial charge is 0.423 e. The van der Waals surface area contributed by atoms with Crippen molar-refractivity contribution < 1.29 is 9.53 Å².